The molecule has 0 saturated carbocycles. The summed E-state index contributed by atoms with van der Waals surface area (Å²) in [4.78, 5) is 12.0. The van der Waals surface area contributed by atoms with Gasteiger partial charge >= 0.3 is 6.01 Å². The summed E-state index contributed by atoms with van der Waals surface area (Å²) in [6.45, 7) is 3.77. The number of nitrogen functional groups attached to an aromatic ring is 1. The zero-order valence-corrected chi connectivity index (χ0v) is 11.5. The number of anilines is 1. The minimum absolute atomic E-state index is 0.0255. The molecule has 0 atom stereocenters. The van der Waals surface area contributed by atoms with E-state index in [9.17, 15) is 0 Å². The van der Waals surface area contributed by atoms with E-state index >= 15 is 0 Å². The molecule has 0 bridgehead atoms. The first-order valence-corrected chi connectivity index (χ1v) is 6.01. The highest BCUT2D eigenvalue weighted by molar-refractivity contribution is 14.1. The number of rotatable bonds is 3. The molecule has 2 aromatic heterocycles. The van der Waals surface area contributed by atoms with Crippen LogP contribution >= 0.6 is 22.6 Å². The largest absolute Gasteiger partial charge is 0.461 e. The molecule has 17 heavy (non-hydrogen) atoms. The van der Waals surface area contributed by atoms with Crippen molar-refractivity contribution in [1.29, 1.82) is 0 Å². The van der Waals surface area contributed by atoms with Crippen LogP contribution in [0.5, 0.6) is 6.01 Å². The summed E-state index contributed by atoms with van der Waals surface area (Å²) < 4.78 is 7.88. The van der Waals surface area contributed by atoms with Crippen molar-refractivity contribution in [2.75, 3.05) is 5.73 Å². The Hall–Kier alpha value is -1.45. The number of halogens is 1. The summed E-state index contributed by atoms with van der Waals surface area (Å²) in [5.74, 6) is 0.451. The molecular weight excluding hydrogens is 335 g/mol. The van der Waals surface area contributed by atoms with Crippen molar-refractivity contribution in [3.8, 4) is 12.0 Å². The summed E-state index contributed by atoms with van der Waals surface area (Å²) in [7, 11) is 0. The zero-order chi connectivity index (χ0) is 12.4. The van der Waals surface area contributed by atoms with Crippen LogP contribution < -0.4 is 10.5 Å². The lowest BCUT2D eigenvalue weighted by atomic mass is 10.5. The van der Waals surface area contributed by atoms with Crippen LogP contribution in [-0.4, -0.2) is 30.8 Å². The molecular formula is C9H11IN6O. The number of hydrogen-bond donors (Lipinski definition) is 1. The summed E-state index contributed by atoms with van der Waals surface area (Å²) in [5.41, 5.74) is 5.59. The molecule has 0 amide bonds. The maximum atomic E-state index is 5.59. The topological polar surface area (TPSA) is 91.7 Å². The van der Waals surface area contributed by atoms with Crippen LogP contribution in [0.2, 0.25) is 0 Å². The highest BCUT2D eigenvalue weighted by Gasteiger charge is 2.09. The van der Waals surface area contributed by atoms with Crippen LogP contribution in [0.3, 0.4) is 0 Å². The predicted octanol–water partition coefficient (Wildman–Crippen LogP) is 1.03. The van der Waals surface area contributed by atoms with Crippen molar-refractivity contribution in [1.82, 2.24) is 24.7 Å². The molecule has 0 aromatic carbocycles. The second-order valence-electron chi connectivity index (χ2n) is 3.55. The van der Waals surface area contributed by atoms with E-state index in [1.54, 1.807) is 12.4 Å². The Bertz CT molecular complexity index is 526. The quantitative estimate of drug-likeness (QED) is 0.835. The van der Waals surface area contributed by atoms with Gasteiger partial charge in [-0.15, -0.1) is 0 Å². The first-order chi connectivity index (χ1) is 8.04. The molecule has 0 saturated heterocycles. The minimum atomic E-state index is -0.0255. The number of ether oxygens (including phenoxy) is 1. The second kappa shape index (κ2) is 4.82. The van der Waals surface area contributed by atoms with Gasteiger partial charge in [-0.3, -0.25) is 0 Å². The molecule has 8 heteroatoms. The second-order valence-corrected chi connectivity index (χ2v) is 4.79. The maximum absolute atomic E-state index is 5.59. The van der Waals surface area contributed by atoms with Crippen molar-refractivity contribution in [3.63, 3.8) is 0 Å². The number of nitrogens with zero attached hydrogens (tertiary/aromatic N) is 5. The predicted molar refractivity (Wildman–Crippen MR) is 69.8 cm³/mol. The molecule has 2 aromatic rings. The Kier molecular flexibility index (Phi) is 3.41. The van der Waals surface area contributed by atoms with E-state index < -0.39 is 0 Å². The van der Waals surface area contributed by atoms with Crippen molar-refractivity contribution in [2.24, 2.45) is 0 Å². The molecule has 0 aliphatic rings. The lowest BCUT2D eigenvalue weighted by Crippen LogP contribution is -2.13. The first-order valence-electron chi connectivity index (χ1n) is 4.93. The van der Waals surface area contributed by atoms with Gasteiger partial charge in [0.2, 0.25) is 5.95 Å². The molecule has 2 rings (SSSR count). The van der Waals surface area contributed by atoms with Crippen LogP contribution in [0.15, 0.2) is 12.4 Å². The Morgan fingerprint density at radius 2 is 2.12 bits per heavy atom. The molecule has 0 spiro atoms. The third kappa shape index (κ3) is 3.02. The molecule has 7 nitrogen and oxygen atoms in total. The summed E-state index contributed by atoms with van der Waals surface area (Å²) in [6, 6.07) is 0.202. The molecule has 90 valence electrons. The van der Waals surface area contributed by atoms with Crippen LogP contribution in [0, 0.1) is 3.57 Å². The smallest absolute Gasteiger partial charge is 0.323 e. The lowest BCUT2D eigenvalue weighted by molar-refractivity contribution is 0.221. The van der Waals surface area contributed by atoms with Gasteiger partial charge in [0.15, 0.2) is 0 Å². The number of hydrogen-bond acceptors (Lipinski definition) is 6. The average molecular weight is 346 g/mol. The standard InChI is InChI=1S/C9H11IN6O/c1-5(2)17-9-14-7(11)13-8(15-9)16-4-6(10)3-12-16/h3-5H,1-2H3,(H2,11,13,14,15). The maximum Gasteiger partial charge on any atom is 0.323 e. The Labute approximate surface area is 112 Å². The van der Waals surface area contributed by atoms with E-state index in [0.717, 1.165) is 3.57 Å². The zero-order valence-electron chi connectivity index (χ0n) is 9.33. The van der Waals surface area contributed by atoms with Gasteiger partial charge in [-0.25, -0.2) is 4.68 Å². The Morgan fingerprint density at radius 1 is 1.35 bits per heavy atom. The molecule has 0 aliphatic heterocycles. The molecule has 2 heterocycles. The first kappa shape index (κ1) is 12.0. The highest BCUT2D eigenvalue weighted by Crippen LogP contribution is 2.11. The third-order valence-electron chi connectivity index (χ3n) is 1.72. The molecule has 0 fully saturated rings. The van der Waals surface area contributed by atoms with Crippen molar-refractivity contribution in [2.45, 2.75) is 20.0 Å². The fourth-order valence-corrected chi connectivity index (χ4v) is 1.53. The molecule has 2 N–H and O–H groups in total. The van der Waals surface area contributed by atoms with Gasteiger partial charge in [-0.05, 0) is 36.4 Å². The van der Waals surface area contributed by atoms with E-state index in [2.05, 4.69) is 42.6 Å². The molecule has 0 radical (unpaired) electrons. The summed E-state index contributed by atoms with van der Waals surface area (Å²) in [6.07, 6.45) is 3.46. The molecule has 0 unspecified atom stereocenters. The van der Waals surface area contributed by atoms with E-state index in [0.29, 0.717) is 5.95 Å². The van der Waals surface area contributed by atoms with E-state index in [-0.39, 0.29) is 18.1 Å². The van der Waals surface area contributed by atoms with Crippen LogP contribution in [0.4, 0.5) is 5.95 Å². The van der Waals surface area contributed by atoms with Gasteiger partial charge in [0.05, 0.1) is 15.9 Å². The Morgan fingerprint density at radius 3 is 2.71 bits per heavy atom. The van der Waals surface area contributed by atoms with Crippen molar-refractivity contribution >= 4 is 28.5 Å². The summed E-state index contributed by atoms with van der Waals surface area (Å²) >= 11 is 2.15. The average Bonchev–Trinajstić information content (AvgIpc) is 2.62. The van der Waals surface area contributed by atoms with Crippen molar-refractivity contribution < 1.29 is 4.74 Å². The lowest BCUT2D eigenvalue weighted by Gasteiger charge is -2.08. The van der Waals surface area contributed by atoms with Crippen molar-refractivity contribution in [3.05, 3.63) is 16.0 Å². The highest BCUT2D eigenvalue weighted by atomic mass is 127. The van der Waals surface area contributed by atoms with Crippen LogP contribution in [-0.2, 0) is 0 Å². The number of aromatic nitrogens is 5. The third-order valence-corrected chi connectivity index (χ3v) is 2.27. The minimum Gasteiger partial charge on any atom is -0.461 e. The van der Waals surface area contributed by atoms with E-state index in [4.69, 9.17) is 10.5 Å². The fraction of sp³-hybridized carbons (Fsp3) is 0.333. The monoisotopic (exact) mass is 346 g/mol. The van der Waals surface area contributed by atoms with E-state index in [1.807, 2.05) is 13.8 Å². The van der Waals surface area contributed by atoms with Gasteiger partial charge in [0.1, 0.15) is 0 Å². The number of nitrogens with two attached hydrogens (primary N) is 1. The normalized spacial score (nSPS) is 10.8. The van der Waals surface area contributed by atoms with Gasteiger partial charge < -0.3 is 10.5 Å². The van der Waals surface area contributed by atoms with Gasteiger partial charge in [0, 0.05) is 6.20 Å². The van der Waals surface area contributed by atoms with Gasteiger partial charge in [0.25, 0.3) is 5.95 Å². The molecule has 0 aliphatic carbocycles. The summed E-state index contributed by atoms with van der Waals surface area (Å²) in [5, 5.41) is 4.09. The van der Waals surface area contributed by atoms with Gasteiger partial charge in [-0.1, -0.05) is 0 Å². The Balaban J connectivity index is 2.37. The van der Waals surface area contributed by atoms with Crippen LogP contribution in [0.25, 0.3) is 5.95 Å². The van der Waals surface area contributed by atoms with Crippen LogP contribution in [0.1, 0.15) is 13.8 Å². The van der Waals surface area contributed by atoms with Gasteiger partial charge in [-0.2, -0.15) is 20.1 Å². The SMILES string of the molecule is CC(C)Oc1nc(N)nc(-n2cc(I)cn2)n1. The van der Waals surface area contributed by atoms with E-state index in [1.165, 1.54) is 4.68 Å². The fourth-order valence-electron chi connectivity index (χ4n) is 1.14.